The van der Waals surface area contributed by atoms with Gasteiger partial charge in [-0.2, -0.15) is 0 Å². The molecular weight excluding hydrogens is 693 g/mol. The van der Waals surface area contributed by atoms with Gasteiger partial charge in [0.05, 0.1) is 17.9 Å². The molecule has 0 aromatic heterocycles. The van der Waals surface area contributed by atoms with E-state index in [-0.39, 0.29) is 41.7 Å². The highest BCUT2D eigenvalue weighted by molar-refractivity contribution is 6.99. The number of hydrogen-bond acceptors (Lipinski definition) is 7. The quantitative estimate of drug-likeness (QED) is 0.160. The minimum absolute atomic E-state index is 0.110. The van der Waals surface area contributed by atoms with E-state index < -0.39 is 43.9 Å². The normalized spacial score (nSPS) is 27.9. The van der Waals surface area contributed by atoms with Gasteiger partial charge >= 0.3 is 0 Å². The van der Waals surface area contributed by atoms with Crippen molar-refractivity contribution in [3.63, 3.8) is 0 Å². The number of piperidine rings is 1. The summed E-state index contributed by atoms with van der Waals surface area (Å²) in [6, 6.07) is 37.9. The molecule has 0 unspecified atom stereocenters. The molecule has 4 aliphatic rings. The number of aliphatic hydroxyl groups is 1. The van der Waals surface area contributed by atoms with Crippen LogP contribution in [0.1, 0.15) is 63.7 Å². The Balaban J connectivity index is 1.11. The van der Waals surface area contributed by atoms with Crippen molar-refractivity contribution in [2.24, 2.45) is 23.7 Å². The van der Waals surface area contributed by atoms with Gasteiger partial charge in [0.1, 0.15) is 5.75 Å². The Bertz CT molecular complexity index is 1910. The molecule has 0 bridgehead atoms. The third kappa shape index (κ3) is 6.43. The number of ether oxygens (including phenoxy) is 1. The van der Waals surface area contributed by atoms with E-state index in [1.807, 2.05) is 48.5 Å². The van der Waals surface area contributed by atoms with Crippen LogP contribution in [0.4, 0.5) is 0 Å². The zero-order chi connectivity index (χ0) is 37.7. The molecule has 2 N–H and O–H groups in total. The maximum atomic E-state index is 14.6. The summed E-state index contributed by atoms with van der Waals surface area (Å²) in [5.74, 6) is -4.34. The van der Waals surface area contributed by atoms with Crippen molar-refractivity contribution in [3.8, 4) is 5.75 Å². The Kier molecular flexibility index (Phi) is 9.90. The van der Waals surface area contributed by atoms with Crippen LogP contribution in [-0.2, 0) is 25.3 Å². The first-order chi connectivity index (χ1) is 26.0. The maximum Gasteiger partial charge on any atom is 0.261 e. The van der Waals surface area contributed by atoms with Gasteiger partial charge < -0.3 is 19.4 Å². The second-order valence-electron chi connectivity index (χ2n) is 16.9. The van der Waals surface area contributed by atoms with Crippen molar-refractivity contribution in [1.82, 2.24) is 9.80 Å². The van der Waals surface area contributed by atoms with E-state index in [0.717, 1.165) is 48.4 Å². The fourth-order valence-electron chi connectivity index (χ4n) is 10.2. The predicted octanol–water partition coefficient (Wildman–Crippen LogP) is 6.02. The number of phenolic OH excluding ortho intramolecular Hbond substituents is 1. The summed E-state index contributed by atoms with van der Waals surface area (Å²) in [5.41, 5.74) is 1.99. The molecule has 282 valence electrons. The largest absolute Gasteiger partial charge is 0.508 e. The van der Waals surface area contributed by atoms with Crippen molar-refractivity contribution in [3.05, 3.63) is 126 Å². The Hall–Kier alpha value is -4.12. The van der Waals surface area contributed by atoms with Crippen LogP contribution >= 0.6 is 0 Å². The third-order valence-electron chi connectivity index (χ3n) is 12.7. The molecule has 8 rings (SSSR count). The number of fused-ring (bicyclic) bond motifs is 3. The zero-order valence-electron chi connectivity index (χ0n) is 31.5. The van der Waals surface area contributed by atoms with Gasteiger partial charge in [0.15, 0.2) is 5.79 Å². The van der Waals surface area contributed by atoms with E-state index in [1.165, 1.54) is 5.56 Å². The molecule has 3 saturated heterocycles. The Morgan fingerprint density at radius 3 is 2.02 bits per heavy atom. The first-order valence-corrected chi connectivity index (χ1v) is 21.5. The fraction of sp³-hybridized carbons (Fsp3) is 0.422. The Morgan fingerprint density at radius 1 is 0.815 bits per heavy atom. The average Bonchev–Trinajstić information content (AvgIpc) is 3.66. The summed E-state index contributed by atoms with van der Waals surface area (Å²) < 4.78 is 14.1. The maximum absolute atomic E-state index is 14.6. The number of aromatic hydroxyl groups is 1. The van der Waals surface area contributed by atoms with E-state index >= 15 is 0 Å². The van der Waals surface area contributed by atoms with E-state index in [2.05, 4.69) is 74.2 Å². The van der Waals surface area contributed by atoms with Gasteiger partial charge in [-0.1, -0.05) is 124 Å². The highest BCUT2D eigenvalue weighted by atomic mass is 28.4. The summed E-state index contributed by atoms with van der Waals surface area (Å²) >= 11 is 0. The van der Waals surface area contributed by atoms with Crippen LogP contribution in [0, 0.1) is 23.7 Å². The number of amides is 2. The zero-order valence-corrected chi connectivity index (χ0v) is 32.5. The van der Waals surface area contributed by atoms with Gasteiger partial charge in [-0.15, -0.1) is 0 Å². The third-order valence-corrected chi connectivity index (χ3v) is 17.7. The fourth-order valence-corrected chi connectivity index (χ4v) is 14.8. The first kappa shape index (κ1) is 36.8. The summed E-state index contributed by atoms with van der Waals surface area (Å²) in [4.78, 5) is 33.1. The lowest BCUT2D eigenvalue weighted by atomic mass is 9.64. The monoisotopic (exact) mass is 744 g/mol. The summed E-state index contributed by atoms with van der Waals surface area (Å²) in [7, 11) is -3.00. The number of benzene rings is 4. The minimum atomic E-state index is -3.00. The molecule has 2 amide bonds. The second-order valence-corrected chi connectivity index (χ2v) is 21.2. The van der Waals surface area contributed by atoms with Gasteiger partial charge in [0.25, 0.3) is 8.32 Å². The van der Waals surface area contributed by atoms with Gasteiger partial charge in [-0.25, -0.2) is 0 Å². The molecule has 1 saturated carbocycles. The smallest absolute Gasteiger partial charge is 0.261 e. The van der Waals surface area contributed by atoms with Gasteiger partial charge in [0.2, 0.25) is 11.8 Å². The second kappa shape index (κ2) is 14.5. The van der Waals surface area contributed by atoms with Crippen LogP contribution in [0.5, 0.6) is 5.75 Å². The number of imide groups is 1. The van der Waals surface area contributed by atoms with Crippen LogP contribution in [0.15, 0.2) is 115 Å². The van der Waals surface area contributed by atoms with Crippen molar-refractivity contribution in [2.45, 2.75) is 76.0 Å². The number of nitrogens with zero attached hydrogens (tertiary/aromatic N) is 2. The molecule has 1 aliphatic carbocycles. The van der Waals surface area contributed by atoms with Crippen LogP contribution in [-0.4, -0.2) is 71.7 Å². The lowest BCUT2D eigenvalue weighted by Gasteiger charge is -2.48. The van der Waals surface area contributed by atoms with Crippen LogP contribution in [0.25, 0.3) is 0 Å². The van der Waals surface area contributed by atoms with Gasteiger partial charge in [-0.05, 0) is 64.4 Å². The molecule has 3 heterocycles. The van der Waals surface area contributed by atoms with Crippen LogP contribution < -0.4 is 10.4 Å². The Labute approximate surface area is 319 Å². The number of hydrogen-bond donors (Lipinski definition) is 2. The van der Waals surface area contributed by atoms with Gasteiger partial charge in [-0.3, -0.25) is 19.4 Å². The SMILES string of the molecule is CC(C)(C)[Si](OC[C@H]1C[C@@H]2C(=O)N(C3CCN(Cc4ccccc4)CC3)C(=O)[C@@H]2[C@@H]2C[C@@H](c3cccc(O)c3)O[C@]12O)(c1ccccc1)c1ccccc1. The molecule has 3 aliphatic heterocycles. The molecule has 4 fully saturated rings. The number of carbonyl (C=O) groups excluding carboxylic acids is 2. The average molecular weight is 745 g/mol. The molecule has 4 aromatic rings. The van der Waals surface area contributed by atoms with E-state index in [0.29, 0.717) is 6.42 Å². The number of carbonyl (C=O) groups is 2. The summed E-state index contributed by atoms with van der Waals surface area (Å²) in [6.45, 7) is 9.28. The van der Waals surface area contributed by atoms with Crippen LogP contribution in [0.2, 0.25) is 5.04 Å². The van der Waals surface area contributed by atoms with Crippen molar-refractivity contribution in [1.29, 1.82) is 0 Å². The number of phenols is 1. The van der Waals surface area contributed by atoms with Crippen molar-refractivity contribution < 1.29 is 29.0 Å². The van der Waals surface area contributed by atoms with Gasteiger partial charge in [0, 0.05) is 44.1 Å². The molecule has 6 atom stereocenters. The van der Waals surface area contributed by atoms with Crippen molar-refractivity contribution in [2.75, 3.05) is 19.7 Å². The van der Waals surface area contributed by atoms with E-state index in [1.54, 1.807) is 23.1 Å². The lowest BCUT2D eigenvalue weighted by molar-refractivity contribution is -0.273. The highest BCUT2D eigenvalue weighted by Crippen LogP contribution is 2.59. The topological polar surface area (TPSA) is 99.5 Å². The number of rotatable bonds is 9. The molecule has 9 heteroatoms. The first-order valence-electron chi connectivity index (χ1n) is 19.6. The molecule has 54 heavy (non-hydrogen) atoms. The minimum Gasteiger partial charge on any atom is -0.508 e. The van der Waals surface area contributed by atoms with E-state index in [4.69, 9.17) is 9.16 Å². The molecule has 0 spiro atoms. The predicted molar refractivity (Wildman–Crippen MR) is 210 cm³/mol. The number of likely N-dealkylation sites (tertiary alicyclic amines) is 2. The molecule has 8 nitrogen and oxygen atoms in total. The Morgan fingerprint density at radius 2 is 1.43 bits per heavy atom. The van der Waals surface area contributed by atoms with Crippen LogP contribution in [0.3, 0.4) is 0 Å². The van der Waals surface area contributed by atoms with E-state index in [9.17, 15) is 19.8 Å². The summed E-state index contributed by atoms with van der Waals surface area (Å²) in [6.07, 6.45) is 1.54. The standard InChI is InChI=1S/C45H52N2O6Si/c1-44(2,3)54(36-18-9-5-10-19-36,37-20-11-6-12-21-37)52-30-33-27-38-41(39-28-40(53-45(33,39)51)32-16-13-17-35(48)26-32)43(50)47(42(38)49)34-22-24-46(25-23-34)29-31-14-7-4-8-15-31/h4-21,26,33-34,38-41,48,51H,22-25,27-30H2,1-3H3/t33-,38+,39+,40+,41+,45-/m1/s1. The highest BCUT2D eigenvalue weighted by Gasteiger charge is 2.67. The summed E-state index contributed by atoms with van der Waals surface area (Å²) in [5, 5.41) is 25.2. The van der Waals surface area contributed by atoms with Crippen molar-refractivity contribution >= 4 is 30.5 Å². The lowest BCUT2D eigenvalue weighted by Crippen LogP contribution is -2.67. The molecular formula is C45H52N2O6Si. The molecule has 4 aromatic carbocycles. The molecule has 0 radical (unpaired) electrons.